The van der Waals surface area contributed by atoms with Gasteiger partial charge in [-0.25, -0.2) is 4.99 Å². The van der Waals surface area contributed by atoms with E-state index in [2.05, 4.69) is 4.99 Å². The van der Waals surface area contributed by atoms with Gasteiger partial charge < -0.3 is 0 Å². The largest absolute Gasteiger partial charge is 0.417 e. The summed E-state index contributed by atoms with van der Waals surface area (Å²) in [6.45, 7) is 0. The number of halogens is 3. The van der Waals surface area contributed by atoms with Crippen LogP contribution in [0.1, 0.15) is 11.1 Å². The Hall–Kier alpha value is -2.07. The normalized spacial score (nSPS) is 11.4. The van der Waals surface area contributed by atoms with Crippen molar-refractivity contribution < 1.29 is 18.4 Å². The van der Waals surface area contributed by atoms with Crippen molar-refractivity contribution in [3.63, 3.8) is 0 Å². The van der Waals surface area contributed by atoms with Gasteiger partial charge in [0.2, 0.25) is 0 Å². The van der Waals surface area contributed by atoms with E-state index >= 15 is 0 Å². The predicted molar refractivity (Wildman–Crippen MR) is 49.2 cm³/mol. The Bertz CT molecular complexity index is 448. The number of aliphatic imine (C=N–C) groups is 1. The molecular weight excluding hydrogens is 223 g/mol. The first-order chi connectivity index (χ1) is 7.49. The lowest BCUT2D eigenvalue weighted by Gasteiger charge is -2.08. The molecular formula is C9H6F3N3O. The predicted octanol–water partition coefficient (Wildman–Crippen LogP) is 2.22. The van der Waals surface area contributed by atoms with Crippen LogP contribution in [0.25, 0.3) is 0 Å². The van der Waals surface area contributed by atoms with Crippen LogP contribution < -0.4 is 5.48 Å². The zero-order chi connectivity index (χ0) is 12.2. The number of rotatable bonds is 2. The third kappa shape index (κ3) is 2.71. The third-order valence-electron chi connectivity index (χ3n) is 1.70. The van der Waals surface area contributed by atoms with Gasteiger partial charge in [0.1, 0.15) is 6.34 Å². The van der Waals surface area contributed by atoms with Crippen molar-refractivity contribution in [3.05, 3.63) is 29.3 Å². The molecule has 4 nitrogen and oxygen atoms in total. The Morgan fingerprint density at radius 2 is 2.12 bits per heavy atom. The van der Waals surface area contributed by atoms with Crippen molar-refractivity contribution >= 4 is 12.0 Å². The molecule has 7 heteroatoms. The minimum atomic E-state index is -4.61. The van der Waals surface area contributed by atoms with E-state index in [4.69, 9.17) is 10.5 Å². The minimum absolute atomic E-state index is 0.0205. The van der Waals surface area contributed by atoms with E-state index in [0.29, 0.717) is 0 Å². The molecule has 0 aliphatic carbocycles. The Kier molecular flexibility index (Phi) is 3.48. The van der Waals surface area contributed by atoms with Gasteiger partial charge in [0.05, 0.1) is 22.9 Å². The van der Waals surface area contributed by atoms with E-state index in [9.17, 15) is 13.2 Å². The van der Waals surface area contributed by atoms with Gasteiger partial charge in [0.15, 0.2) is 0 Å². The lowest BCUT2D eigenvalue weighted by atomic mass is 10.1. The van der Waals surface area contributed by atoms with Gasteiger partial charge in [0.25, 0.3) is 0 Å². The Balaban J connectivity index is 3.23. The smallest absolute Gasteiger partial charge is 0.290 e. The molecule has 0 heterocycles. The van der Waals surface area contributed by atoms with Crippen LogP contribution in [0.4, 0.5) is 18.9 Å². The molecule has 0 radical (unpaired) electrons. The van der Waals surface area contributed by atoms with Crippen molar-refractivity contribution in [2.45, 2.75) is 6.18 Å². The van der Waals surface area contributed by atoms with Crippen LogP contribution in [0.5, 0.6) is 0 Å². The molecule has 0 fully saturated rings. The average Bonchev–Trinajstić information content (AvgIpc) is 2.24. The molecule has 0 unspecified atom stereocenters. The number of alkyl halides is 3. The first kappa shape index (κ1) is 12.0. The highest BCUT2D eigenvalue weighted by Crippen LogP contribution is 2.34. The topological polar surface area (TPSA) is 68.4 Å². The molecule has 0 saturated heterocycles. The average molecular weight is 229 g/mol. The van der Waals surface area contributed by atoms with Crippen LogP contribution in [-0.4, -0.2) is 11.5 Å². The number of nitrogens with one attached hydrogen (secondary N) is 1. The lowest BCUT2D eigenvalue weighted by Crippen LogP contribution is -2.07. The maximum Gasteiger partial charge on any atom is 0.417 e. The van der Waals surface area contributed by atoms with Crippen molar-refractivity contribution in [1.29, 1.82) is 5.26 Å². The summed E-state index contributed by atoms with van der Waals surface area (Å²) in [6, 6.07) is 4.44. The Morgan fingerprint density at radius 1 is 1.44 bits per heavy atom. The molecule has 0 spiro atoms. The van der Waals surface area contributed by atoms with E-state index in [0.717, 1.165) is 18.5 Å². The number of hydrogen-bond acceptors (Lipinski definition) is 3. The quantitative estimate of drug-likeness (QED) is 0.464. The molecule has 1 aromatic carbocycles. The fraction of sp³-hybridized carbons (Fsp3) is 0.111. The van der Waals surface area contributed by atoms with Gasteiger partial charge in [-0.1, -0.05) is 0 Å². The fourth-order valence-corrected chi connectivity index (χ4v) is 1.05. The minimum Gasteiger partial charge on any atom is -0.290 e. The standard InChI is InChI=1S/C9H6F3N3O/c10-9(11,12)8-3-7(14-5-15-16)2-1-6(8)4-13/h1-3,5,16H,(H,14,15). The molecule has 0 atom stereocenters. The van der Waals surface area contributed by atoms with Crippen LogP contribution >= 0.6 is 0 Å². The van der Waals surface area contributed by atoms with Gasteiger partial charge >= 0.3 is 6.18 Å². The number of hydroxylamine groups is 1. The van der Waals surface area contributed by atoms with Crippen LogP contribution in [0.2, 0.25) is 0 Å². The second-order valence-corrected chi connectivity index (χ2v) is 2.73. The van der Waals surface area contributed by atoms with E-state index in [1.807, 2.05) is 0 Å². The van der Waals surface area contributed by atoms with Crippen molar-refractivity contribution in [3.8, 4) is 6.07 Å². The molecule has 0 saturated carbocycles. The maximum absolute atomic E-state index is 12.5. The first-order valence-corrected chi connectivity index (χ1v) is 4.02. The van der Waals surface area contributed by atoms with Gasteiger partial charge in [-0.05, 0) is 18.2 Å². The summed E-state index contributed by atoms with van der Waals surface area (Å²) < 4.78 is 37.4. The van der Waals surface area contributed by atoms with E-state index in [1.165, 1.54) is 12.1 Å². The Labute approximate surface area is 88.6 Å². The molecule has 2 N–H and O–H groups in total. The summed E-state index contributed by atoms with van der Waals surface area (Å²) >= 11 is 0. The highest BCUT2D eigenvalue weighted by atomic mass is 19.4. The summed E-state index contributed by atoms with van der Waals surface area (Å²) in [5.41, 5.74) is 0.0223. The molecule has 16 heavy (non-hydrogen) atoms. The fourth-order valence-electron chi connectivity index (χ4n) is 1.05. The van der Waals surface area contributed by atoms with Crippen LogP contribution in [0.15, 0.2) is 23.2 Å². The van der Waals surface area contributed by atoms with Crippen LogP contribution in [0, 0.1) is 11.3 Å². The monoisotopic (exact) mass is 229 g/mol. The molecule has 1 aromatic rings. The van der Waals surface area contributed by atoms with Gasteiger partial charge in [-0.15, -0.1) is 0 Å². The number of hydrogen-bond donors (Lipinski definition) is 2. The number of benzene rings is 1. The second kappa shape index (κ2) is 4.63. The summed E-state index contributed by atoms with van der Waals surface area (Å²) in [6.07, 6.45) is -3.79. The highest BCUT2D eigenvalue weighted by molar-refractivity contribution is 5.61. The lowest BCUT2D eigenvalue weighted by molar-refractivity contribution is -0.137. The summed E-state index contributed by atoms with van der Waals surface area (Å²) in [5, 5.41) is 16.7. The zero-order valence-corrected chi connectivity index (χ0v) is 7.78. The molecule has 0 amide bonds. The molecule has 0 aliphatic heterocycles. The maximum atomic E-state index is 12.5. The van der Waals surface area contributed by atoms with Crippen LogP contribution in [0.3, 0.4) is 0 Å². The SMILES string of the molecule is N#Cc1ccc(N=CNO)cc1C(F)(F)F. The van der Waals surface area contributed by atoms with E-state index in [1.54, 1.807) is 5.48 Å². The van der Waals surface area contributed by atoms with Crippen LogP contribution in [-0.2, 0) is 6.18 Å². The Morgan fingerprint density at radius 3 is 2.62 bits per heavy atom. The molecule has 0 bridgehead atoms. The summed E-state index contributed by atoms with van der Waals surface area (Å²) in [5.74, 6) is 0. The second-order valence-electron chi connectivity index (χ2n) is 2.73. The molecule has 84 valence electrons. The number of nitrogens with zero attached hydrogens (tertiary/aromatic N) is 2. The van der Waals surface area contributed by atoms with Gasteiger partial charge in [0, 0.05) is 0 Å². The zero-order valence-electron chi connectivity index (χ0n) is 7.78. The van der Waals surface area contributed by atoms with E-state index in [-0.39, 0.29) is 5.69 Å². The van der Waals surface area contributed by atoms with Crippen molar-refractivity contribution in [1.82, 2.24) is 5.48 Å². The van der Waals surface area contributed by atoms with E-state index < -0.39 is 17.3 Å². The third-order valence-corrected chi connectivity index (χ3v) is 1.70. The summed E-state index contributed by atoms with van der Waals surface area (Å²) in [7, 11) is 0. The van der Waals surface area contributed by atoms with Gasteiger partial charge in [-0.2, -0.15) is 18.4 Å². The molecule has 0 aliphatic rings. The summed E-state index contributed by atoms with van der Waals surface area (Å²) in [4.78, 5) is 3.48. The highest BCUT2D eigenvalue weighted by Gasteiger charge is 2.33. The molecule has 1 rings (SSSR count). The van der Waals surface area contributed by atoms with Crippen molar-refractivity contribution in [2.24, 2.45) is 4.99 Å². The first-order valence-electron chi connectivity index (χ1n) is 4.02. The van der Waals surface area contributed by atoms with Gasteiger partial charge in [-0.3, -0.25) is 10.7 Å². The molecule has 0 aromatic heterocycles. The number of nitriles is 1. The van der Waals surface area contributed by atoms with Crippen molar-refractivity contribution in [2.75, 3.05) is 0 Å².